The fourth-order valence-corrected chi connectivity index (χ4v) is 4.23. The molecular formula is C16H18N2O4S. The smallest absolute Gasteiger partial charge is 0.262 e. The van der Waals surface area contributed by atoms with Gasteiger partial charge in [-0.3, -0.25) is 4.79 Å². The molecule has 6 nitrogen and oxygen atoms in total. The van der Waals surface area contributed by atoms with Gasteiger partial charge in [-0.15, -0.1) is 0 Å². The standard InChI is InChI=1S/C16H18N2O4S/c1-10-5-12(6-11(2)15(10)19)7-13(8-17)16(20)18-14-3-4-23(21,22)9-14/h5-7,14,19H,3-4,9H2,1-2H3,(H,18,20)/b13-7+/t14-/m0/s1. The van der Waals surface area contributed by atoms with Crippen molar-refractivity contribution in [3.05, 3.63) is 34.4 Å². The van der Waals surface area contributed by atoms with E-state index in [1.165, 1.54) is 6.08 Å². The first-order chi connectivity index (χ1) is 10.7. The highest BCUT2D eigenvalue weighted by molar-refractivity contribution is 7.91. The lowest BCUT2D eigenvalue weighted by Crippen LogP contribution is -2.36. The quantitative estimate of drug-likeness (QED) is 0.638. The predicted octanol–water partition coefficient (Wildman–Crippen LogP) is 1.22. The molecule has 0 aromatic heterocycles. The van der Waals surface area contributed by atoms with E-state index in [1.807, 2.05) is 6.07 Å². The molecule has 0 saturated carbocycles. The maximum atomic E-state index is 12.1. The van der Waals surface area contributed by atoms with E-state index in [0.717, 1.165) is 0 Å². The van der Waals surface area contributed by atoms with Crippen LogP contribution in [0.1, 0.15) is 23.1 Å². The number of phenolic OH excluding ortho intramolecular Hbond substituents is 1. The van der Waals surface area contributed by atoms with Gasteiger partial charge in [0.1, 0.15) is 17.4 Å². The topological polar surface area (TPSA) is 107 Å². The minimum absolute atomic E-state index is 0.0555. The summed E-state index contributed by atoms with van der Waals surface area (Å²) in [6.45, 7) is 3.46. The molecule has 2 rings (SSSR count). The van der Waals surface area contributed by atoms with Crippen LogP contribution in [0.5, 0.6) is 5.75 Å². The summed E-state index contributed by atoms with van der Waals surface area (Å²) in [5.41, 5.74) is 1.83. The van der Waals surface area contributed by atoms with Crippen LogP contribution < -0.4 is 5.32 Å². The maximum Gasteiger partial charge on any atom is 0.262 e. The molecule has 23 heavy (non-hydrogen) atoms. The van der Waals surface area contributed by atoms with Crippen molar-refractivity contribution in [3.8, 4) is 11.8 Å². The number of carbonyl (C=O) groups excluding carboxylic acids is 1. The number of aromatic hydroxyl groups is 1. The first-order valence-corrected chi connectivity index (χ1v) is 8.97. The number of hydrogen-bond donors (Lipinski definition) is 2. The van der Waals surface area contributed by atoms with Crippen molar-refractivity contribution < 1.29 is 18.3 Å². The summed E-state index contributed by atoms with van der Waals surface area (Å²) in [5.74, 6) is -0.436. The van der Waals surface area contributed by atoms with Crippen molar-refractivity contribution in [3.63, 3.8) is 0 Å². The Hall–Kier alpha value is -2.33. The lowest BCUT2D eigenvalue weighted by molar-refractivity contribution is -0.117. The number of rotatable bonds is 3. The molecule has 7 heteroatoms. The molecule has 0 spiro atoms. The SMILES string of the molecule is Cc1cc(/C=C(\C#N)C(=O)N[C@H]2CCS(=O)(=O)C2)cc(C)c1O. The van der Waals surface area contributed by atoms with Crippen molar-refractivity contribution in [2.24, 2.45) is 0 Å². The van der Waals surface area contributed by atoms with E-state index in [2.05, 4.69) is 5.32 Å². The van der Waals surface area contributed by atoms with Gasteiger partial charge >= 0.3 is 0 Å². The molecule has 1 aliphatic heterocycles. The minimum atomic E-state index is -3.09. The zero-order chi connectivity index (χ0) is 17.2. The fraction of sp³-hybridized carbons (Fsp3) is 0.375. The first-order valence-electron chi connectivity index (χ1n) is 7.15. The van der Waals surface area contributed by atoms with Crippen LogP contribution in [0, 0.1) is 25.2 Å². The summed E-state index contributed by atoms with van der Waals surface area (Å²) < 4.78 is 22.8. The Morgan fingerprint density at radius 2 is 2.00 bits per heavy atom. The summed E-state index contributed by atoms with van der Waals surface area (Å²) in [7, 11) is -3.09. The Bertz CT molecular complexity index is 796. The normalized spacial score (nSPS) is 20.0. The van der Waals surface area contributed by atoms with Gasteiger partial charge in [-0.25, -0.2) is 8.42 Å². The first kappa shape index (κ1) is 17.0. The Morgan fingerprint density at radius 1 is 1.39 bits per heavy atom. The number of benzene rings is 1. The molecule has 1 aliphatic rings. The number of amides is 1. The maximum absolute atomic E-state index is 12.1. The van der Waals surface area contributed by atoms with Gasteiger partial charge in [0.2, 0.25) is 0 Å². The number of aryl methyl sites for hydroxylation is 2. The summed E-state index contributed by atoms with van der Waals surface area (Å²) >= 11 is 0. The van der Waals surface area contributed by atoms with Gasteiger partial charge in [-0.2, -0.15) is 5.26 Å². The number of nitrogens with zero attached hydrogens (tertiary/aromatic N) is 1. The van der Waals surface area contributed by atoms with Gasteiger partial charge in [0, 0.05) is 6.04 Å². The number of nitriles is 1. The van der Waals surface area contributed by atoms with Crippen LogP contribution in [-0.4, -0.2) is 37.0 Å². The second-order valence-electron chi connectivity index (χ2n) is 5.75. The average molecular weight is 334 g/mol. The van der Waals surface area contributed by atoms with E-state index in [9.17, 15) is 23.6 Å². The number of carbonyl (C=O) groups is 1. The second-order valence-corrected chi connectivity index (χ2v) is 7.98. The number of sulfone groups is 1. The highest BCUT2D eigenvalue weighted by Gasteiger charge is 2.29. The molecule has 1 aromatic carbocycles. The van der Waals surface area contributed by atoms with Crippen LogP contribution in [0.4, 0.5) is 0 Å². The van der Waals surface area contributed by atoms with Crippen molar-refractivity contribution >= 4 is 21.8 Å². The molecule has 0 bridgehead atoms. The van der Waals surface area contributed by atoms with Crippen molar-refractivity contribution in [2.45, 2.75) is 26.3 Å². The van der Waals surface area contributed by atoms with Crippen LogP contribution in [0.25, 0.3) is 6.08 Å². The zero-order valence-corrected chi connectivity index (χ0v) is 13.8. The molecule has 0 radical (unpaired) electrons. The van der Waals surface area contributed by atoms with E-state index < -0.39 is 21.8 Å². The molecule has 1 aromatic rings. The summed E-state index contributed by atoms with van der Waals surface area (Å²) in [5, 5.41) is 21.5. The van der Waals surface area contributed by atoms with Gasteiger partial charge < -0.3 is 10.4 Å². The van der Waals surface area contributed by atoms with Gasteiger partial charge in [0.25, 0.3) is 5.91 Å². The van der Waals surface area contributed by atoms with Crippen LogP contribution in [0.3, 0.4) is 0 Å². The highest BCUT2D eigenvalue weighted by atomic mass is 32.2. The van der Waals surface area contributed by atoms with E-state index >= 15 is 0 Å². The molecule has 1 heterocycles. The molecule has 1 saturated heterocycles. The van der Waals surface area contributed by atoms with Gasteiger partial charge in [0.05, 0.1) is 11.5 Å². The molecular weight excluding hydrogens is 316 g/mol. The third-order valence-corrected chi connectivity index (χ3v) is 5.53. The third kappa shape index (κ3) is 4.11. The lowest BCUT2D eigenvalue weighted by Gasteiger charge is -2.10. The Morgan fingerprint density at radius 3 is 2.48 bits per heavy atom. The molecule has 1 amide bonds. The van der Waals surface area contributed by atoms with Crippen LogP contribution >= 0.6 is 0 Å². The Labute approximate surface area is 135 Å². The van der Waals surface area contributed by atoms with Crippen molar-refractivity contribution in [2.75, 3.05) is 11.5 Å². The van der Waals surface area contributed by atoms with Crippen LogP contribution in [0.2, 0.25) is 0 Å². The van der Waals surface area contributed by atoms with Crippen molar-refractivity contribution in [1.29, 1.82) is 5.26 Å². The average Bonchev–Trinajstić information content (AvgIpc) is 2.80. The summed E-state index contributed by atoms with van der Waals surface area (Å²) in [4.78, 5) is 12.1. The van der Waals surface area contributed by atoms with E-state index in [1.54, 1.807) is 26.0 Å². The van der Waals surface area contributed by atoms with E-state index in [-0.39, 0.29) is 22.8 Å². The van der Waals surface area contributed by atoms with Crippen LogP contribution in [0.15, 0.2) is 17.7 Å². The third-order valence-electron chi connectivity index (χ3n) is 3.76. The predicted molar refractivity (Wildman–Crippen MR) is 86.4 cm³/mol. The number of phenols is 1. The molecule has 122 valence electrons. The van der Waals surface area contributed by atoms with Crippen LogP contribution in [-0.2, 0) is 14.6 Å². The van der Waals surface area contributed by atoms with Gasteiger partial charge in [-0.05, 0) is 55.2 Å². The minimum Gasteiger partial charge on any atom is -0.507 e. The fourth-order valence-electron chi connectivity index (χ4n) is 2.56. The van der Waals surface area contributed by atoms with Gasteiger partial charge in [0.15, 0.2) is 9.84 Å². The number of nitrogens with one attached hydrogen (secondary N) is 1. The molecule has 0 unspecified atom stereocenters. The summed E-state index contributed by atoms with van der Waals surface area (Å²) in [6.07, 6.45) is 1.79. The molecule has 0 aliphatic carbocycles. The lowest BCUT2D eigenvalue weighted by atomic mass is 10.0. The van der Waals surface area contributed by atoms with Gasteiger partial charge in [-0.1, -0.05) is 0 Å². The Kier molecular flexibility index (Phi) is 4.76. The van der Waals surface area contributed by atoms with E-state index in [0.29, 0.717) is 23.1 Å². The number of hydrogen-bond acceptors (Lipinski definition) is 5. The monoisotopic (exact) mass is 334 g/mol. The zero-order valence-electron chi connectivity index (χ0n) is 13.0. The summed E-state index contributed by atoms with van der Waals surface area (Å²) in [6, 6.07) is 4.73. The van der Waals surface area contributed by atoms with E-state index in [4.69, 9.17) is 0 Å². The highest BCUT2D eigenvalue weighted by Crippen LogP contribution is 2.24. The van der Waals surface area contributed by atoms with Crippen molar-refractivity contribution in [1.82, 2.24) is 5.32 Å². The molecule has 1 atom stereocenters. The molecule has 2 N–H and O–H groups in total. The second kappa shape index (κ2) is 6.42. The Balaban J connectivity index is 2.19. The molecule has 1 fully saturated rings. The largest absolute Gasteiger partial charge is 0.507 e.